The van der Waals surface area contributed by atoms with Gasteiger partial charge < -0.3 is 5.32 Å². The van der Waals surface area contributed by atoms with Gasteiger partial charge in [0.05, 0.1) is 16.1 Å². The molecule has 0 atom stereocenters. The second kappa shape index (κ2) is 6.91. The summed E-state index contributed by atoms with van der Waals surface area (Å²) in [6.45, 7) is 6.07. The number of hydrogen-bond donors (Lipinski definition) is 1. The number of nitrogens with one attached hydrogen (secondary N) is 1. The zero-order valence-electron chi connectivity index (χ0n) is 15.1. The molecule has 0 amide bonds. The fourth-order valence-electron chi connectivity index (χ4n) is 3.30. The third-order valence-electron chi connectivity index (χ3n) is 4.47. The Morgan fingerprint density at radius 3 is 2.48 bits per heavy atom. The van der Waals surface area contributed by atoms with Gasteiger partial charge in [0.2, 0.25) is 0 Å². The van der Waals surface area contributed by atoms with Gasteiger partial charge in [-0.2, -0.15) is 0 Å². The van der Waals surface area contributed by atoms with E-state index < -0.39 is 0 Å². The van der Waals surface area contributed by atoms with E-state index >= 15 is 0 Å². The van der Waals surface area contributed by atoms with Crippen LogP contribution in [0.25, 0.3) is 21.3 Å². The molecule has 2 aromatic carbocycles. The van der Waals surface area contributed by atoms with Crippen LogP contribution in [0.15, 0.2) is 42.7 Å². The van der Waals surface area contributed by atoms with E-state index in [-0.39, 0.29) is 5.82 Å². The van der Waals surface area contributed by atoms with Gasteiger partial charge in [-0.05, 0) is 55.7 Å². The first-order valence-electron chi connectivity index (χ1n) is 8.48. The van der Waals surface area contributed by atoms with Crippen molar-refractivity contribution < 1.29 is 4.39 Å². The van der Waals surface area contributed by atoms with Gasteiger partial charge in [0.1, 0.15) is 22.8 Å². The van der Waals surface area contributed by atoms with E-state index in [4.69, 9.17) is 11.6 Å². The number of hydrogen-bond acceptors (Lipinski definition) is 4. The van der Waals surface area contributed by atoms with Crippen LogP contribution in [0.3, 0.4) is 0 Å². The van der Waals surface area contributed by atoms with Crippen molar-refractivity contribution in [1.82, 2.24) is 9.97 Å². The lowest BCUT2D eigenvalue weighted by atomic mass is 10.0. The summed E-state index contributed by atoms with van der Waals surface area (Å²) in [4.78, 5) is 10.9. The molecule has 0 aliphatic carbocycles. The minimum Gasteiger partial charge on any atom is -0.338 e. The van der Waals surface area contributed by atoms with Gasteiger partial charge >= 0.3 is 0 Å². The average molecular weight is 398 g/mol. The van der Waals surface area contributed by atoms with Crippen molar-refractivity contribution in [2.24, 2.45) is 0 Å². The molecule has 0 bridgehead atoms. The van der Waals surface area contributed by atoms with Crippen LogP contribution in [-0.4, -0.2) is 9.97 Å². The third kappa shape index (κ3) is 3.29. The number of aryl methyl sites for hydroxylation is 3. The molecule has 0 saturated carbocycles. The summed E-state index contributed by atoms with van der Waals surface area (Å²) < 4.78 is 13.4. The summed E-state index contributed by atoms with van der Waals surface area (Å²) in [6.07, 6.45) is 1.55. The highest BCUT2D eigenvalue weighted by molar-refractivity contribution is 7.19. The minimum atomic E-state index is -0.257. The van der Waals surface area contributed by atoms with Gasteiger partial charge in [0.25, 0.3) is 0 Å². The standard InChI is InChI=1S/C21H17ClFN3S/c1-11-8-12(2)19(16(22)9-11)26-20-18-17(14-4-6-15(23)7-5-14)13(3)27-21(18)25-10-24-20/h4-10H,1-3H3,(H,24,25,26). The topological polar surface area (TPSA) is 37.8 Å². The molecule has 2 heterocycles. The lowest BCUT2D eigenvalue weighted by Crippen LogP contribution is -1.99. The number of nitrogens with zero attached hydrogens (tertiary/aromatic N) is 2. The Kier molecular flexibility index (Phi) is 4.58. The summed E-state index contributed by atoms with van der Waals surface area (Å²) >= 11 is 8.07. The van der Waals surface area contributed by atoms with Crippen LogP contribution >= 0.6 is 22.9 Å². The van der Waals surface area contributed by atoms with E-state index in [0.29, 0.717) is 10.8 Å². The van der Waals surface area contributed by atoms with E-state index in [0.717, 1.165) is 43.0 Å². The molecule has 27 heavy (non-hydrogen) atoms. The van der Waals surface area contributed by atoms with Gasteiger partial charge in [0, 0.05) is 10.4 Å². The molecule has 2 aromatic heterocycles. The molecular formula is C21H17ClFN3S. The first kappa shape index (κ1) is 17.9. The molecule has 1 N–H and O–H groups in total. The Morgan fingerprint density at radius 2 is 1.78 bits per heavy atom. The predicted molar refractivity (Wildman–Crippen MR) is 112 cm³/mol. The number of thiophene rings is 1. The van der Waals surface area contributed by atoms with Crippen LogP contribution in [0.4, 0.5) is 15.9 Å². The van der Waals surface area contributed by atoms with Crippen LogP contribution in [0.1, 0.15) is 16.0 Å². The molecule has 3 nitrogen and oxygen atoms in total. The van der Waals surface area contributed by atoms with Crippen molar-refractivity contribution in [1.29, 1.82) is 0 Å². The Bertz CT molecular complexity index is 1130. The highest BCUT2D eigenvalue weighted by atomic mass is 35.5. The first-order chi connectivity index (χ1) is 12.9. The van der Waals surface area contributed by atoms with Crippen molar-refractivity contribution >= 4 is 44.7 Å². The number of anilines is 2. The molecule has 6 heteroatoms. The molecule has 0 saturated heterocycles. The number of rotatable bonds is 3. The maximum atomic E-state index is 13.4. The highest BCUT2D eigenvalue weighted by Gasteiger charge is 2.18. The van der Waals surface area contributed by atoms with Crippen LogP contribution < -0.4 is 5.32 Å². The number of aromatic nitrogens is 2. The molecule has 0 fully saturated rings. The Balaban J connectivity index is 1.91. The van der Waals surface area contributed by atoms with Crippen molar-refractivity contribution in [2.45, 2.75) is 20.8 Å². The quantitative estimate of drug-likeness (QED) is 0.412. The zero-order valence-corrected chi connectivity index (χ0v) is 16.7. The molecule has 0 aliphatic rings. The normalized spacial score (nSPS) is 11.1. The van der Waals surface area contributed by atoms with Gasteiger partial charge in [-0.25, -0.2) is 14.4 Å². The largest absolute Gasteiger partial charge is 0.338 e. The van der Waals surface area contributed by atoms with E-state index in [1.54, 1.807) is 29.8 Å². The fraction of sp³-hybridized carbons (Fsp3) is 0.143. The van der Waals surface area contributed by atoms with Crippen LogP contribution in [0.2, 0.25) is 5.02 Å². The van der Waals surface area contributed by atoms with Crippen LogP contribution in [0, 0.1) is 26.6 Å². The lowest BCUT2D eigenvalue weighted by molar-refractivity contribution is 0.628. The van der Waals surface area contributed by atoms with E-state index in [2.05, 4.69) is 21.4 Å². The molecule has 0 spiro atoms. The Morgan fingerprint density at radius 1 is 1.04 bits per heavy atom. The van der Waals surface area contributed by atoms with Gasteiger partial charge in [-0.1, -0.05) is 29.8 Å². The molecule has 4 aromatic rings. The second-order valence-corrected chi connectivity index (χ2v) is 8.12. The predicted octanol–water partition coefficient (Wildman–Crippen LogP) is 6.82. The number of halogens is 2. The van der Waals surface area contributed by atoms with Gasteiger partial charge in [-0.3, -0.25) is 0 Å². The summed E-state index contributed by atoms with van der Waals surface area (Å²) in [5.41, 5.74) is 4.93. The van der Waals surface area contributed by atoms with E-state index in [1.807, 2.05) is 26.8 Å². The molecule has 4 rings (SSSR count). The summed E-state index contributed by atoms with van der Waals surface area (Å²) in [5.74, 6) is 0.435. The van der Waals surface area contributed by atoms with E-state index in [1.165, 1.54) is 12.1 Å². The Hall–Kier alpha value is -2.50. The maximum absolute atomic E-state index is 13.4. The fourth-order valence-corrected chi connectivity index (χ4v) is 4.68. The number of fused-ring (bicyclic) bond motifs is 1. The smallest absolute Gasteiger partial charge is 0.143 e. The number of benzene rings is 2. The van der Waals surface area contributed by atoms with Gasteiger partial charge in [0.15, 0.2) is 0 Å². The summed E-state index contributed by atoms with van der Waals surface area (Å²) in [7, 11) is 0. The summed E-state index contributed by atoms with van der Waals surface area (Å²) in [5, 5.41) is 4.96. The molecule has 0 radical (unpaired) electrons. The first-order valence-corrected chi connectivity index (χ1v) is 9.67. The van der Waals surface area contributed by atoms with Crippen LogP contribution in [0.5, 0.6) is 0 Å². The van der Waals surface area contributed by atoms with Crippen LogP contribution in [-0.2, 0) is 0 Å². The molecule has 0 unspecified atom stereocenters. The maximum Gasteiger partial charge on any atom is 0.143 e. The SMILES string of the molecule is Cc1cc(C)c(Nc2ncnc3sc(C)c(-c4ccc(F)cc4)c23)c(Cl)c1. The van der Waals surface area contributed by atoms with Crippen molar-refractivity contribution in [3.05, 3.63) is 69.6 Å². The van der Waals surface area contributed by atoms with Crippen molar-refractivity contribution in [2.75, 3.05) is 5.32 Å². The molecular weight excluding hydrogens is 381 g/mol. The highest BCUT2D eigenvalue weighted by Crippen LogP contribution is 2.42. The second-order valence-electron chi connectivity index (χ2n) is 6.51. The van der Waals surface area contributed by atoms with Crippen molar-refractivity contribution in [3.8, 4) is 11.1 Å². The third-order valence-corrected chi connectivity index (χ3v) is 5.78. The van der Waals surface area contributed by atoms with Gasteiger partial charge in [-0.15, -0.1) is 11.3 Å². The zero-order chi connectivity index (χ0) is 19.1. The van der Waals surface area contributed by atoms with E-state index in [9.17, 15) is 4.39 Å². The molecule has 136 valence electrons. The summed E-state index contributed by atoms with van der Waals surface area (Å²) in [6, 6.07) is 10.5. The minimum absolute atomic E-state index is 0.257. The lowest BCUT2D eigenvalue weighted by Gasteiger charge is -2.13. The van der Waals surface area contributed by atoms with Crippen molar-refractivity contribution in [3.63, 3.8) is 0 Å². The monoisotopic (exact) mass is 397 g/mol. The molecule has 0 aliphatic heterocycles. The average Bonchev–Trinajstić information content (AvgIpc) is 2.95. The Labute approximate surface area is 165 Å².